The van der Waals surface area contributed by atoms with Crippen molar-refractivity contribution in [2.24, 2.45) is 0 Å². The summed E-state index contributed by atoms with van der Waals surface area (Å²) in [5.74, 6) is -0.335. The Hall–Kier alpha value is -1.35. The summed E-state index contributed by atoms with van der Waals surface area (Å²) in [6.45, 7) is 3.53. The predicted octanol–water partition coefficient (Wildman–Crippen LogP) is 1.84. The van der Waals surface area contributed by atoms with Gasteiger partial charge in [0.05, 0.1) is 0 Å². The van der Waals surface area contributed by atoms with Crippen LogP contribution in [0.2, 0.25) is 0 Å². The van der Waals surface area contributed by atoms with Crippen molar-refractivity contribution in [2.75, 3.05) is 0 Å². The minimum atomic E-state index is -0.895. The predicted molar refractivity (Wildman–Crippen MR) is 57.8 cm³/mol. The second-order valence-corrected chi connectivity index (χ2v) is 3.64. The Labute approximate surface area is 89.4 Å². The zero-order chi connectivity index (χ0) is 11.4. The van der Waals surface area contributed by atoms with Crippen LogP contribution in [0.4, 0.5) is 0 Å². The third kappa shape index (κ3) is 2.80. The minimum absolute atomic E-state index is 0.175. The van der Waals surface area contributed by atoms with Crippen LogP contribution in [-0.2, 0) is 4.79 Å². The molecule has 0 radical (unpaired) electrons. The molecule has 0 fully saturated rings. The lowest BCUT2D eigenvalue weighted by atomic mass is 9.93. The Balaban J connectivity index is 2.80. The summed E-state index contributed by atoms with van der Waals surface area (Å²) in [5, 5.41) is 18.5. The largest absolute Gasteiger partial charge is 0.508 e. The molecule has 2 atom stereocenters. The number of rotatable bonds is 4. The summed E-state index contributed by atoms with van der Waals surface area (Å²) in [5.41, 5.74) is 0.810. The van der Waals surface area contributed by atoms with Crippen molar-refractivity contribution < 1.29 is 15.0 Å². The first-order chi connectivity index (χ1) is 7.06. The number of ketones is 1. The number of aliphatic hydroxyl groups is 1. The molecule has 2 N–H and O–H groups in total. The second-order valence-electron chi connectivity index (χ2n) is 3.64. The van der Waals surface area contributed by atoms with Gasteiger partial charge in [-0.25, -0.2) is 0 Å². The summed E-state index contributed by atoms with van der Waals surface area (Å²) in [6.07, 6.45) is -0.463. The fraction of sp³-hybridized carbons (Fsp3) is 0.417. The molecule has 1 rings (SSSR count). The highest BCUT2D eigenvalue weighted by molar-refractivity contribution is 5.89. The highest BCUT2D eigenvalue weighted by atomic mass is 16.3. The number of phenolic OH excluding ortho intramolecular Hbond substituents is 1. The normalized spacial score (nSPS) is 14.6. The third-order valence-corrected chi connectivity index (χ3v) is 2.53. The van der Waals surface area contributed by atoms with E-state index in [2.05, 4.69) is 0 Å². The number of aromatic hydroxyl groups is 1. The Kier molecular flexibility index (Phi) is 3.86. The molecule has 0 spiro atoms. The highest BCUT2D eigenvalue weighted by Gasteiger charge is 2.21. The Morgan fingerprint density at radius 1 is 1.33 bits per heavy atom. The van der Waals surface area contributed by atoms with Crippen LogP contribution in [-0.4, -0.2) is 22.1 Å². The van der Waals surface area contributed by atoms with Crippen LogP contribution in [0, 0.1) is 0 Å². The molecule has 3 nitrogen and oxygen atoms in total. The molecular weight excluding hydrogens is 192 g/mol. The second kappa shape index (κ2) is 4.94. The van der Waals surface area contributed by atoms with E-state index in [-0.39, 0.29) is 17.5 Å². The van der Waals surface area contributed by atoms with Crippen LogP contribution >= 0.6 is 0 Å². The van der Waals surface area contributed by atoms with Gasteiger partial charge in [0, 0.05) is 5.92 Å². The van der Waals surface area contributed by atoms with E-state index in [9.17, 15) is 9.90 Å². The molecule has 1 aromatic carbocycles. The van der Waals surface area contributed by atoms with Crippen molar-refractivity contribution in [3.8, 4) is 5.75 Å². The highest BCUT2D eigenvalue weighted by Crippen LogP contribution is 2.20. The van der Waals surface area contributed by atoms with Gasteiger partial charge in [0.1, 0.15) is 11.9 Å². The molecule has 0 bridgehead atoms. The molecule has 0 aromatic heterocycles. The SMILES string of the molecule is CCC(O)C(=O)C(C)c1ccc(O)cc1. The fourth-order valence-corrected chi connectivity index (χ4v) is 1.42. The lowest BCUT2D eigenvalue weighted by Gasteiger charge is -2.14. The Morgan fingerprint density at radius 3 is 2.33 bits per heavy atom. The summed E-state index contributed by atoms with van der Waals surface area (Å²) in [4.78, 5) is 11.6. The number of carbonyl (C=O) groups is 1. The Morgan fingerprint density at radius 2 is 1.87 bits per heavy atom. The topological polar surface area (TPSA) is 57.5 Å². The van der Waals surface area contributed by atoms with E-state index >= 15 is 0 Å². The van der Waals surface area contributed by atoms with Crippen molar-refractivity contribution in [1.29, 1.82) is 0 Å². The molecular formula is C12H16O3. The minimum Gasteiger partial charge on any atom is -0.508 e. The van der Waals surface area contributed by atoms with E-state index < -0.39 is 6.10 Å². The van der Waals surface area contributed by atoms with Gasteiger partial charge in [0.15, 0.2) is 5.78 Å². The maximum atomic E-state index is 11.6. The summed E-state index contributed by atoms with van der Waals surface area (Å²) >= 11 is 0. The number of hydrogen-bond acceptors (Lipinski definition) is 3. The van der Waals surface area contributed by atoms with Crippen LogP contribution in [0.25, 0.3) is 0 Å². The number of phenols is 1. The first kappa shape index (κ1) is 11.7. The summed E-state index contributed by atoms with van der Waals surface area (Å²) in [7, 11) is 0. The van der Waals surface area contributed by atoms with Gasteiger partial charge in [-0.1, -0.05) is 26.0 Å². The van der Waals surface area contributed by atoms with E-state index in [0.717, 1.165) is 5.56 Å². The van der Waals surface area contributed by atoms with Gasteiger partial charge in [-0.2, -0.15) is 0 Å². The molecule has 1 aromatic rings. The zero-order valence-corrected chi connectivity index (χ0v) is 8.97. The number of benzene rings is 1. The lowest BCUT2D eigenvalue weighted by Crippen LogP contribution is -2.24. The molecule has 3 heteroatoms. The van der Waals surface area contributed by atoms with Crippen molar-refractivity contribution in [2.45, 2.75) is 32.3 Å². The van der Waals surface area contributed by atoms with Crippen molar-refractivity contribution in [1.82, 2.24) is 0 Å². The molecule has 2 unspecified atom stereocenters. The smallest absolute Gasteiger partial charge is 0.168 e. The number of hydrogen-bond donors (Lipinski definition) is 2. The van der Waals surface area contributed by atoms with Gasteiger partial charge in [-0.05, 0) is 24.1 Å². The van der Waals surface area contributed by atoms with E-state index in [1.54, 1.807) is 26.0 Å². The third-order valence-electron chi connectivity index (χ3n) is 2.53. The van der Waals surface area contributed by atoms with Gasteiger partial charge in [-0.15, -0.1) is 0 Å². The zero-order valence-electron chi connectivity index (χ0n) is 8.97. The molecule has 0 aliphatic rings. The number of carbonyl (C=O) groups excluding carboxylic acids is 1. The summed E-state index contributed by atoms with van der Waals surface area (Å²) in [6, 6.07) is 6.47. The number of Topliss-reactive ketones (excluding diaryl/α,β-unsaturated/α-hetero) is 1. The quantitative estimate of drug-likeness (QED) is 0.793. The molecule has 0 heterocycles. The first-order valence-corrected chi connectivity index (χ1v) is 5.07. The average Bonchev–Trinajstić information content (AvgIpc) is 2.27. The fourth-order valence-electron chi connectivity index (χ4n) is 1.42. The van der Waals surface area contributed by atoms with E-state index in [4.69, 9.17) is 5.11 Å². The summed E-state index contributed by atoms with van der Waals surface area (Å²) < 4.78 is 0. The molecule has 82 valence electrons. The van der Waals surface area contributed by atoms with Gasteiger partial charge < -0.3 is 10.2 Å². The number of aliphatic hydroxyl groups excluding tert-OH is 1. The molecule has 0 aliphatic heterocycles. The van der Waals surface area contributed by atoms with E-state index in [1.165, 1.54) is 12.1 Å². The van der Waals surface area contributed by atoms with Crippen LogP contribution in [0.5, 0.6) is 5.75 Å². The van der Waals surface area contributed by atoms with Gasteiger partial charge >= 0.3 is 0 Å². The maximum absolute atomic E-state index is 11.6. The molecule has 15 heavy (non-hydrogen) atoms. The molecule has 0 saturated carbocycles. The molecule has 0 amide bonds. The first-order valence-electron chi connectivity index (χ1n) is 5.07. The average molecular weight is 208 g/mol. The van der Waals surface area contributed by atoms with Crippen LogP contribution < -0.4 is 0 Å². The van der Waals surface area contributed by atoms with Gasteiger partial charge in [-0.3, -0.25) is 4.79 Å². The van der Waals surface area contributed by atoms with Gasteiger partial charge in [0.2, 0.25) is 0 Å². The lowest BCUT2D eigenvalue weighted by molar-refractivity contribution is -0.128. The van der Waals surface area contributed by atoms with Crippen molar-refractivity contribution in [3.63, 3.8) is 0 Å². The Bertz CT molecular complexity index is 329. The van der Waals surface area contributed by atoms with Crippen molar-refractivity contribution in [3.05, 3.63) is 29.8 Å². The van der Waals surface area contributed by atoms with Crippen molar-refractivity contribution >= 4 is 5.78 Å². The van der Waals surface area contributed by atoms with E-state index in [1.807, 2.05) is 0 Å². The van der Waals surface area contributed by atoms with Crippen LogP contribution in [0.3, 0.4) is 0 Å². The maximum Gasteiger partial charge on any atom is 0.168 e. The monoisotopic (exact) mass is 208 g/mol. The molecule has 0 saturated heterocycles. The molecule has 0 aliphatic carbocycles. The van der Waals surface area contributed by atoms with Gasteiger partial charge in [0.25, 0.3) is 0 Å². The van der Waals surface area contributed by atoms with Crippen LogP contribution in [0.15, 0.2) is 24.3 Å². The van der Waals surface area contributed by atoms with Crippen LogP contribution in [0.1, 0.15) is 31.7 Å². The standard InChI is InChI=1S/C12H16O3/c1-3-11(14)12(15)8(2)9-4-6-10(13)7-5-9/h4-8,11,13-14H,3H2,1-2H3. The van der Waals surface area contributed by atoms with E-state index in [0.29, 0.717) is 6.42 Å².